The second kappa shape index (κ2) is 4.76. The fourth-order valence-electron chi connectivity index (χ4n) is 1.56. The van der Waals surface area contributed by atoms with Gasteiger partial charge in [-0.3, -0.25) is 4.18 Å². The molecule has 0 bridgehead atoms. The molecule has 1 unspecified atom stereocenters. The molecule has 0 amide bonds. The molecule has 1 aromatic rings. The van der Waals surface area contributed by atoms with Crippen LogP contribution in [0.4, 0.5) is 0 Å². The summed E-state index contributed by atoms with van der Waals surface area (Å²) in [5, 5.41) is 0. The van der Waals surface area contributed by atoms with Crippen LogP contribution in [0.1, 0.15) is 12.5 Å². The van der Waals surface area contributed by atoms with Crippen LogP contribution in [0, 0.1) is 12.8 Å². The largest absolute Gasteiger partial charge is 0.380 e. The van der Waals surface area contributed by atoms with Crippen LogP contribution < -0.4 is 0 Å². The first-order valence-electron chi connectivity index (χ1n) is 5.57. The van der Waals surface area contributed by atoms with Gasteiger partial charge in [-0.1, -0.05) is 17.7 Å². The van der Waals surface area contributed by atoms with Gasteiger partial charge in [-0.2, -0.15) is 8.42 Å². The number of aryl methyl sites for hydroxylation is 1. The van der Waals surface area contributed by atoms with Crippen molar-refractivity contribution in [2.75, 3.05) is 13.2 Å². The first-order valence-corrected chi connectivity index (χ1v) is 6.97. The van der Waals surface area contributed by atoms with Crippen molar-refractivity contribution in [3.63, 3.8) is 0 Å². The van der Waals surface area contributed by atoms with Crippen LogP contribution in [0.5, 0.6) is 0 Å². The Hall–Kier alpha value is -0.910. The average molecular weight is 256 g/mol. The topological polar surface area (TPSA) is 52.6 Å². The SMILES string of the molecule is Cc1ccc(S(=O)(=O)OC(C)C2COC2)cc1. The van der Waals surface area contributed by atoms with Crippen molar-refractivity contribution in [1.29, 1.82) is 0 Å². The lowest BCUT2D eigenvalue weighted by Crippen LogP contribution is -2.38. The number of hydrogen-bond acceptors (Lipinski definition) is 4. The molecule has 17 heavy (non-hydrogen) atoms. The summed E-state index contributed by atoms with van der Waals surface area (Å²) in [5.74, 6) is 0.176. The quantitative estimate of drug-likeness (QED) is 0.770. The van der Waals surface area contributed by atoms with Gasteiger partial charge in [0.1, 0.15) is 0 Å². The summed E-state index contributed by atoms with van der Waals surface area (Å²) in [6.07, 6.45) is -0.338. The Morgan fingerprint density at radius 3 is 2.35 bits per heavy atom. The van der Waals surface area contributed by atoms with E-state index in [0.717, 1.165) is 5.56 Å². The summed E-state index contributed by atoms with van der Waals surface area (Å²) in [5.41, 5.74) is 1.02. The van der Waals surface area contributed by atoms with Gasteiger partial charge in [-0.05, 0) is 26.0 Å². The molecule has 2 rings (SSSR count). The highest BCUT2D eigenvalue weighted by atomic mass is 32.2. The maximum absolute atomic E-state index is 11.9. The molecule has 94 valence electrons. The summed E-state index contributed by atoms with van der Waals surface area (Å²) in [6, 6.07) is 6.64. The molecule has 0 aromatic heterocycles. The maximum atomic E-state index is 11.9. The average Bonchev–Trinajstić information content (AvgIpc) is 2.14. The van der Waals surface area contributed by atoms with E-state index in [2.05, 4.69) is 0 Å². The Balaban J connectivity index is 2.10. The summed E-state index contributed by atoms with van der Waals surface area (Å²) in [6.45, 7) is 4.82. The molecule has 0 spiro atoms. The van der Waals surface area contributed by atoms with Crippen molar-refractivity contribution >= 4 is 10.1 Å². The second-order valence-electron chi connectivity index (χ2n) is 4.37. The third-order valence-electron chi connectivity index (χ3n) is 2.92. The lowest BCUT2D eigenvalue weighted by atomic mass is 10.0. The van der Waals surface area contributed by atoms with Crippen molar-refractivity contribution in [2.24, 2.45) is 5.92 Å². The molecular weight excluding hydrogens is 240 g/mol. The number of hydrogen-bond donors (Lipinski definition) is 0. The maximum Gasteiger partial charge on any atom is 0.297 e. The third-order valence-corrected chi connectivity index (χ3v) is 4.32. The van der Waals surface area contributed by atoms with E-state index in [-0.39, 0.29) is 16.9 Å². The van der Waals surface area contributed by atoms with Crippen molar-refractivity contribution in [1.82, 2.24) is 0 Å². The van der Waals surface area contributed by atoms with Gasteiger partial charge in [0.25, 0.3) is 10.1 Å². The van der Waals surface area contributed by atoms with Gasteiger partial charge in [-0.25, -0.2) is 0 Å². The van der Waals surface area contributed by atoms with E-state index in [1.165, 1.54) is 0 Å². The van der Waals surface area contributed by atoms with E-state index in [1.807, 2.05) is 6.92 Å². The van der Waals surface area contributed by atoms with Crippen molar-refractivity contribution < 1.29 is 17.3 Å². The van der Waals surface area contributed by atoms with Gasteiger partial charge >= 0.3 is 0 Å². The Morgan fingerprint density at radius 1 is 1.29 bits per heavy atom. The molecule has 1 aliphatic heterocycles. The second-order valence-corrected chi connectivity index (χ2v) is 5.94. The van der Waals surface area contributed by atoms with E-state index in [4.69, 9.17) is 8.92 Å². The predicted molar refractivity (Wildman–Crippen MR) is 63.2 cm³/mol. The molecule has 0 N–H and O–H groups in total. The normalized spacial score (nSPS) is 18.7. The number of ether oxygens (including phenoxy) is 1. The Morgan fingerprint density at radius 2 is 1.88 bits per heavy atom. The monoisotopic (exact) mass is 256 g/mol. The van der Waals surface area contributed by atoms with Crippen LogP contribution in [0.15, 0.2) is 29.2 Å². The van der Waals surface area contributed by atoms with E-state index in [0.29, 0.717) is 13.2 Å². The molecule has 4 nitrogen and oxygen atoms in total. The molecule has 1 fully saturated rings. The molecule has 1 aliphatic rings. The lowest BCUT2D eigenvalue weighted by molar-refractivity contribution is -0.0762. The van der Waals surface area contributed by atoms with E-state index < -0.39 is 10.1 Å². The van der Waals surface area contributed by atoms with Crippen LogP contribution >= 0.6 is 0 Å². The predicted octanol–water partition coefficient (Wildman–Crippen LogP) is 1.74. The molecular formula is C12H16O4S. The first-order chi connectivity index (χ1) is 7.99. The molecule has 0 saturated carbocycles. The van der Waals surface area contributed by atoms with E-state index in [9.17, 15) is 8.42 Å². The number of benzene rings is 1. The van der Waals surface area contributed by atoms with Gasteiger partial charge in [0.15, 0.2) is 0 Å². The molecule has 1 atom stereocenters. The highest BCUT2D eigenvalue weighted by molar-refractivity contribution is 7.86. The van der Waals surface area contributed by atoms with E-state index >= 15 is 0 Å². The first kappa shape index (κ1) is 12.5. The summed E-state index contributed by atoms with van der Waals surface area (Å²) in [7, 11) is -3.65. The summed E-state index contributed by atoms with van der Waals surface area (Å²) >= 11 is 0. The molecule has 5 heteroatoms. The smallest absolute Gasteiger partial charge is 0.297 e. The van der Waals surface area contributed by atoms with Gasteiger partial charge in [-0.15, -0.1) is 0 Å². The third kappa shape index (κ3) is 2.86. The summed E-state index contributed by atoms with van der Waals surface area (Å²) in [4.78, 5) is 0.204. The van der Waals surface area contributed by atoms with Crippen molar-refractivity contribution in [3.05, 3.63) is 29.8 Å². The molecule has 1 heterocycles. The minimum Gasteiger partial charge on any atom is -0.380 e. The fraction of sp³-hybridized carbons (Fsp3) is 0.500. The Kier molecular flexibility index (Phi) is 3.51. The van der Waals surface area contributed by atoms with Crippen LogP contribution in [0.2, 0.25) is 0 Å². The number of rotatable bonds is 4. The zero-order chi connectivity index (χ0) is 12.5. The molecule has 1 aromatic carbocycles. The highest BCUT2D eigenvalue weighted by Crippen LogP contribution is 2.22. The molecule has 0 aliphatic carbocycles. The van der Waals surface area contributed by atoms with Gasteiger partial charge in [0.2, 0.25) is 0 Å². The van der Waals surface area contributed by atoms with E-state index in [1.54, 1.807) is 31.2 Å². The van der Waals surface area contributed by atoms with Crippen LogP contribution in [-0.4, -0.2) is 27.7 Å². The lowest BCUT2D eigenvalue weighted by Gasteiger charge is -2.30. The summed E-state index contributed by atoms with van der Waals surface area (Å²) < 4.78 is 34.0. The fourth-order valence-corrected chi connectivity index (χ4v) is 2.70. The van der Waals surface area contributed by atoms with Crippen LogP contribution in [-0.2, 0) is 19.0 Å². The Labute approximate surface area is 102 Å². The minimum atomic E-state index is -3.65. The standard InChI is InChI=1S/C12H16O4S/c1-9-3-5-12(6-4-9)17(13,14)16-10(2)11-7-15-8-11/h3-6,10-11H,7-8H2,1-2H3. The Bertz CT molecular complexity index is 474. The van der Waals surface area contributed by atoms with Crippen LogP contribution in [0.3, 0.4) is 0 Å². The molecule has 1 saturated heterocycles. The van der Waals surface area contributed by atoms with Gasteiger partial charge in [0, 0.05) is 5.92 Å². The van der Waals surface area contributed by atoms with Crippen molar-refractivity contribution in [2.45, 2.75) is 24.8 Å². The zero-order valence-corrected chi connectivity index (χ0v) is 10.7. The van der Waals surface area contributed by atoms with Crippen molar-refractivity contribution in [3.8, 4) is 0 Å². The zero-order valence-electron chi connectivity index (χ0n) is 9.92. The van der Waals surface area contributed by atoms with Gasteiger partial charge in [0.05, 0.1) is 24.2 Å². The minimum absolute atomic E-state index is 0.176. The van der Waals surface area contributed by atoms with Gasteiger partial charge < -0.3 is 4.74 Å². The molecule has 0 radical (unpaired) electrons. The highest BCUT2D eigenvalue weighted by Gasteiger charge is 2.30. The van der Waals surface area contributed by atoms with Crippen LogP contribution in [0.25, 0.3) is 0 Å².